The number of pyridine rings is 1. The van der Waals surface area contributed by atoms with Gasteiger partial charge >= 0.3 is 6.18 Å². The average molecular weight is 544 g/mol. The van der Waals surface area contributed by atoms with E-state index in [0.717, 1.165) is 29.3 Å². The van der Waals surface area contributed by atoms with Crippen molar-refractivity contribution in [3.8, 4) is 5.82 Å². The SMILES string of the molecule is CCNC(=NCc1ccc(-n2ccnc2C)nc1)NCc1cccc(C(F)(F)F)c1.I. The highest BCUT2D eigenvalue weighted by molar-refractivity contribution is 14.0. The quantitative estimate of drug-likeness (QED) is 0.273. The minimum Gasteiger partial charge on any atom is -0.357 e. The highest BCUT2D eigenvalue weighted by Crippen LogP contribution is 2.29. The molecule has 1 aromatic carbocycles. The molecule has 0 bridgehead atoms. The lowest BCUT2D eigenvalue weighted by atomic mass is 10.1. The summed E-state index contributed by atoms with van der Waals surface area (Å²) < 4.78 is 40.5. The molecule has 0 spiro atoms. The van der Waals surface area contributed by atoms with E-state index >= 15 is 0 Å². The first-order chi connectivity index (χ1) is 14.4. The summed E-state index contributed by atoms with van der Waals surface area (Å²) in [6.07, 6.45) is 0.947. The summed E-state index contributed by atoms with van der Waals surface area (Å²) in [6, 6.07) is 9.07. The van der Waals surface area contributed by atoms with Crippen LogP contribution in [-0.2, 0) is 19.3 Å². The zero-order chi connectivity index (χ0) is 21.6. The number of aromatic nitrogens is 3. The molecule has 0 saturated carbocycles. The molecule has 2 aromatic heterocycles. The molecule has 3 aromatic rings. The number of hydrogen-bond donors (Lipinski definition) is 2. The Balaban J connectivity index is 0.00000341. The minimum atomic E-state index is -4.36. The monoisotopic (exact) mass is 544 g/mol. The zero-order valence-electron chi connectivity index (χ0n) is 17.1. The van der Waals surface area contributed by atoms with Crippen LogP contribution in [0.25, 0.3) is 5.82 Å². The Morgan fingerprint density at radius 1 is 1.10 bits per heavy atom. The number of aliphatic imine (C=N–C) groups is 1. The molecule has 0 aliphatic heterocycles. The number of benzene rings is 1. The fraction of sp³-hybridized carbons (Fsp3) is 0.286. The van der Waals surface area contributed by atoms with Crippen molar-refractivity contribution < 1.29 is 13.2 Å². The van der Waals surface area contributed by atoms with Gasteiger partial charge in [-0.2, -0.15) is 13.2 Å². The van der Waals surface area contributed by atoms with Crippen LogP contribution in [0.4, 0.5) is 13.2 Å². The third-order valence-electron chi connectivity index (χ3n) is 4.36. The number of halogens is 4. The van der Waals surface area contributed by atoms with Crippen LogP contribution in [0.5, 0.6) is 0 Å². The van der Waals surface area contributed by atoms with Crippen molar-refractivity contribution in [1.82, 2.24) is 25.2 Å². The van der Waals surface area contributed by atoms with Gasteiger partial charge in [-0.15, -0.1) is 24.0 Å². The number of alkyl halides is 3. The van der Waals surface area contributed by atoms with E-state index in [2.05, 4.69) is 25.6 Å². The predicted molar refractivity (Wildman–Crippen MR) is 125 cm³/mol. The number of guanidine groups is 1. The van der Waals surface area contributed by atoms with Gasteiger partial charge in [-0.05, 0) is 43.2 Å². The Labute approximate surface area is 196 Å². The van der Waals surface area contributed by atoms with E-state index in [9.17, 15) is 13.2 Å². The first-order valence-corrected chi connectivity index (χ1v) is 9.50. The first-order valence-electron chi connectivity index (χ1n) is 9.50. The molecule has 10 heteroatoms. The van der Waals surface area contributed by atoms with Crippen LogP contribution in [0.15, 0.2) is 60.0 Å². The molecule has 0 atom stereocenters. The molecule has 0 radical (unpaired) electrons. The second kappa shape index (κ2) is 11.1. The molecule has 6 nitrogen and oxygen atoms in total. The summed E-state index contributed by atoms with van der Waals surface area (Å²) in [7, 11) is 0. The Morgan fingerprint density at radius 2 is 1.90 bits per heavy atom. The van der Waals surface area contributed by atoms with E-state index in [-0.39, 0.29) is 30.5 Å². The van der Waals surface area contributed by atoms with Crippen molar-refractivity contribution in [3.63, 3.8) is 0 Å². The lowest BCUT2D eigenvalue weighted by molar-refractivity contribution is -0.137. The van der Waals surface area contributed by atoms with Crippen molar-refractivity contribution >= 4 is 29.9 Å². The topological polar surface area (TPSA) is 67.1 Å². The van der Waals surface area contributed by atoms with E-state index < -0.39 is 11.7 Å². The summed E-state index contributed by atoms with van der Waals surface area (Å²) in [5.41, 5.74) is 0.771. The molecule has 0 aliphatic carbocycles. The largest absolute Gasteiger partial charge is 0.416 e. The lowest BCUT2D eigenvalue weighted by Crippen LogP contribution is -2.36. The van der Waals surface area contributed by atoms with Crippen LogP contribution in [0, 0.1) is 6.92 Å². The Kier molecular flexibility index (Phi) is 8.84. The summed E-state index contributed by atoms with van der Waals surface area (Å²) in [4.78, 5) is 13.1. The lowest BCUT2D eigenvalue weighted by Gasteiger charge is -2.13. The van der Waals surface area contributed by atoms with Crippen LogP contribution in [0.2, 0.25) is 0 Å². The van der Waals surface area contributed by atoms with E-state index in [1.807, 2.05) is 36.7 Å². The van der Waals surface area contributed by atoms with Gasteiger partial charge in [0.05, 0.1) is 12.1 Å². The molecule has 166 valence electrons. The minimum absolute atomic E-state index is 0. The van der Waals surface area contributed by atoms with Crippen LogP contribution in [0.1, 0.15) is 29.4 Å². The smallest absolute Gasteiger partial charge is 0.357 e. The number of nitrogens with zero attached hydrogens (tertiary/aromatic N) is 4. The second-order valence-electron chi connectivity index (χ2n) is 6.62. The highest BCUT2D eigenvalue weighted by atomic mass is 127. The maximum atomic E-state index is 12.9. The fourth-order valence-electron chi connectivity index (χ4n) is 2.83. The van der Waals surface area contributed by atoms with Crippen LogP contribution >= 0.6 is 24.0 Å². The van der Waals surface area contributed by atoms with Gasteiger partial charge in [-0.3, -0.25) is 4.57 Å². The standard InChI is InChI=1S/C21H23F3N6.HI/c1-3-25-20(28-12-16-5-4-6-18(11-16)21(22,23)24)29-14-17-7-8-19(27-13-17)30-10-9-26-15(30)2;/h4-11,13H,3,12,14H2,1-2H3,(H2,25,28,29);1H. The Bertz CT molecular complexity index is 999. The predicted octanol–water partition coefficient (Wildman–Crippen LogP) is 4.47. The Hall–Kier alpha value is -2.63. The number of rotatable bonds is 6. The molecule has 2 heterocycles. The molecule has 31 heavy (non-hydrogen) atoms. The molecule has 0 aliphatic rings. The third kappa shape index (κ3) is 6.94. The molecule has 3 rings (SSSR count). The van der Waals surface area contributed by atoms with Gasteiger partial charge in [0.1, 0.15) is 11.6 Å². The van der Waals surface area contributed by atoms with Crippen molar-refractivity contribution in [2.45, 2.75) is 33.1 Å². The molecule has 0 amide bonds. The summed E-state index contributed by atoms with van der Waals surface area (Å²) >= 11 is 0. The summed E-state index contributed by atoms with van der Waals surface area (Å²) in [6.45, 7) is 5.07. The van der Waals surface area contributed by atoms with Crippen molar-refractivity contribution in [2.24, 2.45) is 4.99 Å². The molecular formula is C21H24F3IN6. The summed E-state index contributed by atoms with van der Waals surface area (Å²) in [5, 5.41) is 6.16. The van der Waals surface area contributed by atoms with Gasteiger partial charge < -0.3 is 10.6 Å². The number of aryl methyl sites for hydroxylation is 1. The normalized spacial score (nSPS) is 11.7. The van der Waals surface area contributed by atoms with Crippen molar-refractivity contribution in [2.75, 3.05) is 6.54 Å². The van der Waals surface area contributed by atoms with Crippen molar-refractivity contribution in [1.29, 1.82) is 0 Å². The van der Waals surface area contributed by atoms with Gasteiger partial charge in [-0.1, -0.05) is 18.2 Å². The maximum Gasteiger partial charge on any atom is 0.416 e. The summed E-state index contributed by atoms with van der Waals surface area (Å²) in [5.74, 6) is 2.14. The molecule has 0 saturated heterocycles. The van der Waals surface area contributed by atoms with Crippen LogP contribution in [-0.4, -0.2) is 27.0 Å². The van der Waals surface area contributed by atoms with Crippen LogP contribution in [0.3, 0.4) is 0 Å². The van der Waals surface area contributed by atoms with E-state index in [1.54, 1.807) is 18.5 Å². The molecule has 2 N–H and O–H groups in total. The van der Waals surface area contributed by atoms with Gasteiger partial charge in [0.2, 0.25) is 0 Å². The average Bonchev–Trinajstić information content (AvgIpc) is 3.16. The van der Waals surface area contributed by atoms with Gasteiger partial charge in [-0.25, -0.2) is 15.0 Å². The molecule has 0 fully saturated rings. The fourth-order valence-corrected chi connectivity index (χ4v) is 2.83. The number of imidazole rings is 1. The third-order valence-corrected chi connectivity index (χ3v) is 4.36. The van der Waals surface area contributed by atoms with Crippen molar-refractivity contribution in [3.05, 3.63) is 77.5 Å². The Morgan fingerprint density at radius 3 is 2.52 bits per heavy atom. The van der Waals surface area contributed by atoms with E-state index in [0.29, 0.717) is 24.6 Å². The van der Waals surface area contributed by atoms with Gasteiger partial charge in [0.25, 0.3) is 0 Å². The van der Waals surface area contributed by atoms with Crippen LogP contribution < -0.4 is 10.6 Å². The highest BCUT2D eigenvalue weighted by Gasteiger charge is 2.30. The maximum absolute atomic E-state index is 12.9. The van der Waals surface area contributed by atoms with E-state index in [1.165, 1.54) is 6.07 Å². The second-order valence-corrected chi connectivity index (χ2v) is 6.62. The molecular weight excluding hydrogens is 520 g/mol. The van der Waals surface area contributed by atoms with Gasteiger partial charge in [0, 0.05) is 31.7 Å². The van der Waals surface area contributed by atoms with E-state index in [4.69, 9.17) is 0 Å². The molecule has 0 unspecified atom stereocenters. The number of nitrogens with one attached hydrogen (secondary N) is 2. The van der Waals surface area contributed by atoms with Gasteiger partial charge in [0.15, 0.2) is 5.96 Å². The zero-order valence-corrected chi connectivity index (χ0v) is 19.5. The number of hydrogen-bond acceptors (Lipinski definition) is 3. The first kappa shape index (κ1) is 24.6.